The number of nitrogens with zero attached hydrogens (tertiary/aromatic N) is 2. The van der Waals surface area contributed by atoms with Crippen LogP contribution in [0.1, 0.15) is 21.5 Å². The second-order valence-electron chi connectivity index (χ2n) is 6.28. The highest BCUT2D eigenvalue weighted by Crippen LogP contribution is 2.22. The largest absolute Gasteiger partial charge is 0.465 e. The lowest BCUT2D eigenvalue weighted by atomic mass is 10.1. The summed E-state index contributed by atoms with van der Waals surface area (Å²) in [5.74, 6) is -0.413. The Bertz CT molecular complexity index is 1010. The van der Waals surface area contributed by atoms with E-state index in [0.29, 0.717) is 11.3 Å². The first-order chi connectivity index (χ1) is 13.5. The van der Waals surface area contributed by atoms with Crippen LogP contribution in [0.4, 0.5) is 5.69 Å². The molecule has 3 rings (SSSR count). The molecule has 1 N–H and O–H groups in total. The van der Waals surface area contributed by atoms with Gasteiger partial charge in [-0.15, -0.1) is 0 Å². The molecular weight excluding hydrogens is 374 g/mol. The molecule has 28 heavy (non-hydrogen) atoms. The number of carbonyl (C=O) groups excluding carboxylic acids is 2. The first kappa shape index (κ1) is 19.7. The third-order valence-electron chi connectivity index (χ3n) is 4.15. The monoisotopic (exact) mass is 395 g/mol. The Morgan fingerprint density at radius 3 is 2.75 bits per heavy atom. The Hall–Kier alpha value is -3.06. The maximum absolute atomic E-state index is 12.4. The summed E-state index contributed by atoms with van der Waals surface area (Å²) in [4.78, 5) is 28.5. The van der Waals surface area contributed by atoms with Gasteiger partial charge in [-0.05, 0) is 49.2 Å². The zero-order valence-corrected chi connectivity index (χ0v) is 16.7. The SMILES string of the molecule is COC(=O)c1ccc(C)c(NC(=O)CSc2nccn2-c2cccc(C)c2)c1. The fourth-order valence-corrected chi connectivity index (χ4v) is 3.46. The molecule has 2 aromatic carbocycles. The van der Waals surface area contributed by atoms with Crippen molar-refractivity contribution < 1.29 is 14.3 Å². The number of hydrogen-bond acceptors (Lipinski definition) is 5. The third kappa shape index (κ3) is 4.61. The Morgan fingerprint density at radius 1 is 1.18 bits per heavy atom. The molecule has 0 fully saturated rings. The normalized spacial score (nSPS) is 10.5. The number of benzene rings is 2. The van der Waals surface area contributed by atoms with Crippen molar-refractivity contribution in [3.8, 4) is 5.69 Å². The van der Waals surface area contributed by atoms with Crippen LogP contribution in [0.25, 0.3) is 5.69 Å². The number of anilines is 1. The number of amides is 1. The minimum Gasteiger partial charge on any atom is -0.465 e. The van der Waals surface area contributed by atoms with Crippen molar-refractivity contribution in [3.63, 3.8) is 0 Å². The summed E-state index contributed by atoms with van der Waals surface area (Å²) in [6, 6.07) is 13.2. The molecular formula is C21H21N3O3S. The maximum atomic E-state index is 12.4. The van der Waals surface area contributed by atoms with Gasteiger partial charge in [0.15, 0.2) is 5.16 Å². The molecule has 0 saturated carbocycles. The number of aromatic nitrogens is 2. The van der Waals surface area contributed by atoms with Gasteiger partial charge in [-0.3, -0.25) is 9.36 Å². The van der Waals surface area contributed by atoms with Crippen LogP contribution in [-0.4, -0.2) is 34.3 Å². The average molecular weight is 395 g/mol. The van der Waals surface area contributed by atoms with Crippen molar-refractivity contribution in [1.82, 2.24) is 9.55 Å². The summed E-state index contributed by atoms with van der Waals surface area (Å²) in [7, 11) is 1.33. The molecule has 7 heteroatoms. The van der Waals surface area contributed by atoms with E-state index in [1.54, 1.807) is 24.4 Å². The Morgan fingerprint density at radius 2 is 2.00 bits per heavy atom. The molecule has 1 aromatic heterocycles. The Balaban J connectivity index is 1.68. The van der Waals surface area contributed by atoms with Gasteiger partial charge in [0, 0.05) is 23.8 Å². The van der Waals surface area contributed by atoms with Crippen LogP contribution < -0.4 is 5.32 Å². The van der Waals surface area contributed by atoms with Crippen LogP contribution in [0, 0.1) is 13.8 Å². The van der Waals surface area contributed by atoms with E-state index in [2.05, 4.69) is 16.4 Å². The predicted octanol–water partition coefficient (Wildman–Crippen LogP) is 4.01. The fourth-order valence-electron chi connectivity index (χ4n) is 2.69. The highest BCUT2D eigenvalue weighted by molar-refractivity contribution is 7.99. The summed E-state index contributed by atoms with van der Waals surface area (Å²) in [5, 5.41) is 3.59. The highest BCUT2D eigenvalue weighted by Gasteiger charge is 2.12. The Labute approximate surface area is 167 Å². The van der Waals surface area contributed by atoms with Crippen LogP contribution in [0.2, 0.25) is 0 Å². The summed E-state index contributed by atoms with van der Waals surface area (Å²) in [5.41, 5.74) is 4.01. The van der Waals surface area contributed by atoms with E-state index in [1.165, 1.54) is 18.9 Å². The van der Waals surface area contributed by atoms with Gasteiger partial charge < -0.3 is 10.1 Å². The van der Waals surface area contributed by atoms with Crippen LogP contribution in [0.3, 0.4) is 0 Å². The number of esters is 1. The number of nitrogens with one attached hydrogen (secondary N) is 1. The zero-order chi connectivity index (χ0) is 20.1. The minimum atomic E-state index is -0.440. The van der Waals surface area contributed by atoms with Gasteiger partial charge in [-0.1, -0.05) is 30.0 Å². The second kappa shape index (κ2) is 8.75. The van der Waals surface area contributed by atoms with Crippen molar-refractivity contribution in [1.29, 1.82) is 0 Å². The number of methoxy groups -OCH3 is 1. The number of carbonyl (C=O) groups is 2. The van der Waals surface area contributed by atoms with E-state index >= 15 is 0 Å². The minimum absolute atomic E-state index is 0.172. The molecule has 0 radical (unpaired) electrons. The molecule has 3 aromatic rings. The molecule has 0 aliphatic carbocycles. The molecule has 1 heterocycles. The highest BCUT2D eigenvalue weighted by atomic mass is 32.2. The summed E-state index contributed by atoms with van der Waals surface area (Å²) in [6.07, 6.45) is 3.59. The van der Waals surface area contributed by atoms with E-state index in [0.717, 1.165) is 22.0 Å². The molecule has 0 saturated heterocycles. The van der Waals surface area contributed by atoms with Crippen molar-refractivity contribution in [3.05, 3.63) is 71.5 Å². The topological polar surface area (TPSA) is 73.2 Å². The fraction of sp³-hybridized carbons (Fsp3) is 0.190. The van der Waals surface area contributed by atoms with Crippen LogP contribution >= 0.6 is 11.8 Å². The average Bonchev–Trinajstić information content (AvgIpc) is 3.16. The number of ether oxygens (including phenoxy) is 1. The molecule has 0 spiro atoms. The number of imidazole rings is 1. The Kier molecular flexibility index (Phi) is 6.16. The van der Waals surface area contributed by atoms with Gasteiger partial charge in [-0.2, -0.15) is 0 Å². The molecule has 0 unspecified atom stereocenters. The standard InChI is InChI=1S/C21H21N3O3S/c1-14-5-4-6-17(11-14)24-10-9-22-21(24)28-13-19(25)23-18-12-16(20(26)27-3)8-7-15(18)2/h4-12H,13H2,1-3H3,(H,23,25). The van der Waals surface area contributed by atoms with Crippen molar-refractivity contribution in [2.45, 2.75) is 19.0 Å². The zero-order valence-electron chi connectivity index (χ0n) is 15.9. The first-order valence-corrected chi connectivity index (χ1v) is 9.68. The first-order valence-electron chi connectivity index (χ1n) is 8.70. The third-order valence-corrected chi connectivity index (χ3v) is 5.12. The van der Waals surface area contributed by atoms with Crippen LogP contribution in [0.5, 0.6) is 0 Å². The molecule has 0 bridgehead atoms. The van der Waals surface area contributed by atoms with E-state index in [1.807, 2.05) is 42.8 Å². The second-order valence-corrected chi connectivity index (χ2v) is 7.22. The van der Waals surface area contributed by atoms with Gasteiger partial charge in [-0.25, -0.2) is 9.78 Å². The van der Waals surface area contributed by atoms with Gasteiger partial charge in [0.25, 0.3) is 0 Å². The van der Waals surface area contributed by atoms with E-state index < -0.39 is 5.97 Å². The number of hydrogen-bond donors (Lipinski definition) is 1. The quantitative estimate of drug-likeness (QED) is 0.504. The van der Waals surface area contributed by atoms with Crippen LogP contribution in [-0.2, 0) is 9.53 Å². The van der Waals surface area contributed by atoms with Crippen LogP contribution in [0.15, 0.2) is 60.0 Å². The summed E-state index contributed by atoms with van der Waals surface area (Å²) in [6.45, 7) is 3.90. The smallest absolute Gasteiger partial charge is 0.337 e. The molecule has 0 atom stereocenters. The maximum Gasteiger partial charge on any atom is 0.337 e. The molecule has 0 aliphatic rings. The lowest BCUT2D eigenvalue weighted by molar-refractivity contribution is -0.113. The molecule has 6 nitrogen and oxygen atoms in total. The van der Waals surface area contributed by atoms with Gasteiger partial charge in [0.05, 0.1) is 18.4 Å². The summed E-state index contributed by atoms with van der Waals surface area (Å²) >= 11 is 1.35. The van der Waals surface area contributed by atoms with Gasteiger partial charge in [0.2, 0.25) is 5.91 Å². The number of rotatable bonds is 6. The predicted molar refractivity (Wildman–Crippen MR) is 110 cm³/mol. The van der Waals surface area contributed by atoms with E-state index in [4.69, 9.17) is 4.74 Å². The van der Waals surface area contributed by atoms with Gasteiger partial charge in [0.1, 0.15) is 0 Å². The molecule has 1 amide bonds. The molecule has 144 valence electrons. The van der Waals surface area contributed by atoms with Gasteiger partial charge >= 0.3 is 5.97 Å². The lowest BCUT2D eigenvalue weighted by Gasteiger charge is -2.11. The van der Waals surface area contributed by atoms with E-state index in [-0.39, 0.29) is 11.7 Å². The molecule has 0 aliphatic heterocycles. The lowest BCUT2D eigenvalue weighted by Crippen LogP contribution is -2.16. The van der Waals surface area contributed by atoms with Crippen molar-refractivity contribution >= 4 is 29.3 Å². The van der Waals surface area contributed by atoms with Crippen molar-refractivity contribution in [2.24, 2.45) is 0 Å². The number of aryl methyl sites for hydroxylation is 2. The van der Waals surface area contributed by atoms with Crippen molar-refractivity contribution in [2.75, 3.05) is 18.2 Å². The summed E-state index contributed by atoms with van der Waals surface area (Å²) < 4.78 is 6.68. The van der Waals surface area contributed by atoms with E-state index in [9.17, 15) is 9.59 Å². The number of thioether (sulfide) groups is 1.